The van der Waals surface area contributed by atoms with Crippen LogP contribution in [0.3, 0.4) is 0 Å². The van der Waals surface area contributed by atoms with Crippen molar-refractivity contribution in [2.75, 3.05) is 0 Å². The molecule has 0 radical (unpaired) electrons. The van der Waals surface area contributed by atoms with Gasteiger partial charge in [-0.05, 0) is 30.7 Å². The Hall–Kier alpha value is -2.21. The maximum atomic E-state index is 13.2. The van der Waals surface area contributed by atoms with Gasteiger partial charge in [-0.2, -0.15) is 0 Å². The summed E-state index contributed by atoms with van der Waals surface area (Å²) in [5, 5.41) is 13.6. The lowest BCUT2D eigenvalue weighted by molar-refractivity contribution is -0.385. The molecule has 0 unspecified atom stereocenters. The molecule has 100 valence electrons. The molecule has 0 amide bonds. The normalized spacial score (nSPS) is 10.6. The lowest BCUT2D eigenvalue weighted by Crippen LogP contribution is -2.12. The average molecular weight is 264 g/mol. The van der Waals surface area contributed by atoms with Gasteiger partial charge in [0, 0.05) is 12.6 Å². The van der Waals surface area contributed by atoms with Crippen molar-refractivity contribution in [3.05, 3.63) is 63.3 Å². The van der Waals surface area contributed by atoms with Gasteiger partial charge in [-0.25, -0.2) is 4.39 Å². The van der Waals surface area contributed by atoms with Gasteiger partial charge < -0.3 is 9.73 Å². The molecule has 0 atom stereocenters. The van der Waals surface area contributed by atoms with Crippen molar-refractivity contribution in [2.45, 2.75) is 20.0 Å². The Balaban J connectivity index is 1.97. The molecule has 2 aromatic rings. The van der Waals surface area contributed by atoms with Crippen LogP contribution in [0, 0.1) is 22.9 Å². The number of non-ortho nitro benzene ring substituents is 1. The standard InChI is InChI=1S/C13H13FN2O3/c1-9-2-3-13(19-9)8-15-7-10-4-11(14)6-12(5-10)16(17)18/h2-6,15H,7-8H2,1H3. The maximum Gasteiger partial charge on any atom is 0.272 e. The summed E-state index contributed by atoms with van der Waals surface area (Å²) in [6.07, 6.45) is 0. The molecule has 0 bridgehead atoms. The monoisotopic (exact) mass is 264 g/mol. The molecule has 19 heavy (non-hydrogen) atoms. The number of furan rings is 1. The topological polar surface area (TPSA) is 68.3 Å². The molecule has 2 rings (SSSR count). The van der Waals surface area contributed by atoms with Crippen molar-refractivity contribution in [2.24, 2.45) is 0 Å². The van der Waals surface area contributed by atoms with Gasteiger partial charge in [0.2, 0.25) is 0 Å². The van der Waals surface area contributed by atoms with Gasteiger partial charge in [0.25, 0.3) is 5.69 Å². The van der Waals surface area contributed by atoms with Crippen LogP contribution in [0.15, 0.2) is 34.7 Å². The Bertz CT molecular complexity index is 595. The highest BCUT2D eigenvalue weighted by molar-refractivity contribution is 5.35. The summed E-state index contributed by atoms with van der Waals surface area (Å²) in [5.41, 5.74) is 0.278. The summed E-state index contributed by atoms with van der Waals surface area (Å²) in [6, 6.07) is 7.22. The van der Waals surface area contributed by atoms with Crippen molar-refractivity contribution in [3.8, 4) is 0 Å². The molecule has 0 spiro atoms. The van der Waals surface area contributed by atoms with Crippen LogP contribution >= 0.6 is 0 Å². The van der Waals surface area contributed by atoms with E-state index in [1.165, 1.54) is 12.1 Å². The second-order valence-corrected chi connectivity index (χ2v) is 4.19. The molecule has 0 fully saturated rings. The summed E-state index contributed by atoms with van der Waals surface area (Å²) in [7, 11) is 0. The Morgan fingerprint density at radius 3 is 2.74 bits per heavy atom. The Morgan fingerprint density at radius 2 is 2.11 bits per heavy atom. The third kappa shape index (κ3) is 3.62. The number of benzene rings is 1. The number of halogens is 1. The lowest BCUT2D eigenvalue weighted by Gasteiger charge is -2.03. The lowest BCUT2D eigenvalue weighted by atomic mass is 10.2. The molecule has 1 N–H and O–H groups in total. The van der Waals surface area contributed by atoms with Crippen LogP contribution in [0.1, 0.15) is 17.1 Å². The highest BCUT2D eigenvalue weighted by Crippen LogP contribution is 2.16. The van der Waals surface area contributed by atoms with Crippen LogP contribution in [0.4, 0.5) is 10.1 Å². The zero-order chi connectivity index (χ0) is 13.8. The number of hydrogen-bond donors (Lipinski definition) is 1. The summed E-state index contributed by atoms with van der Waals surface area (Å²) < 4.78 is 18.6. The number of hydrogen-bond acceptors (Lipinski definition) is 4. The molecule has 0 aliphatic rings. The summed E-state index contributed by atoms with van der Waals surface area (Å²) in [6.45, 7) is 2.66. The van der Waals surface area contributed by atoms with Gasteiger partial charge in [0.1, 0.15) is 17.3 Å². The van der Waals surface area contributed by atoms with E-state index in [1.54, 1.807) is 0 Å². The Labute approximate surface area is 109 Å². The number of nitrogens with zero attached hydrogens (tertiary/aromatic N) is 1. The van der Waals surface area contributed by atoms with E-state index in [0.29, 0.717) is 18.7 Å². The van der Waals surface area contributed by atoms with Gasteiger partial charge in [-0.15, -0.1) is 0 Å². The highest BCUT2D eigenvalue weighted by atomic mass is 19.1. The fourth-order valence-electron chi connectivity index (χ4n) is 1.75. The van der Waals surface area contributed by atoms with Gasteiger partial charge >= 0.3 is 0 Å². The Morgan fingerprint density at radius 1 is 1.32 bits per heavy atom. The van der Waals surface area contributed by atoms with Gasteiger partial charge in [0.05, 0.1) is 17.5 Å². The minimum Gasteiger partial charge on any atom is -0.465 e. The van der Waals surface area contributed by atoms with Crippen molar-refractivity contribution in [1.29, 1.82) is 0 Å². The van der Waals surface area contributed by atoms with Crippen molar-refractivity contribution in [1.82, 2.24) is 5.32 Å². The SMILES string of the molecule is Cc1ccc(CNCc2cc(F)cc([N+](=O)[O-])c2)o1. The van der Waals surface area contributed by atoms with E-state index in [0.717, 1.165) is 17.6 Å². The molecular weight excluding hydrogens is 251 g/mol. The molecule has 1 heterocycles. The fourth-order valence-corrected chi connectivity index (χ4v) is 1.75. The first-order valence-electron chi connectivity index (χ1n) is 5.74. The largest absolute Gasteiger partial charge is 0.465 e. The van der Waals surface area contributed by atoms with Crippen LogP contribution in [0.5, 0.6) is 0 Å². The summed E-state index contributed by atoms with van der Waals surface area (Å²) in [5.74, 6) is 0.974. The maximum absolute atomic E-state index is 13.2. The molecule has 1 aromatic carbocycles. The summed E-state index contributed by atoms with van der Waals surface area (Å²) >= 11 is 0. The third-order valence-corrected chi connectivity index (χ3v) is 2.58. The first kappa shape index (κ1) is 13.2. The minimum atomic E-state index is -0.611. The highest BCUT2D eigenvalue weighted by Gasteiger charge is 2.09. The fraction of sp³-hybridized carbons (Fsp3) is 0.231. The van der Waals surface area contributed by atoms with E-state index >= 15 is 0 Å². The number of nitrogens with one attached hydrogen (secondary N) is 1. The van der Waals surface area contributed by atoms with Crippen LogP contribution < -0.4 is 5.32 Å². The van der Waals surface area contributed by atoms with Gasteiger partial charge in [0.15, 0.2) is 0 Å². The molecular formula is C13H13FN2O3. The van der Waals surface area contributed by atoms with E-state index in [2.05, 4.69) is 5.32 Å². The predicted molar refractivity (Wildman–Crippen MR) is 67.0 cm³/mol. The number of nitro benzene ring substituents is 1. The van der Waals surface area contributed by atoms with E-state index in [9.17, 15) is 14.5 Å². The molecule has 5 nitrogen and oxygen atoms in total. The zero-order valence-electron chi connectivity index (χ0n) is 10.4. The van der Waals surface area contributed by atoms with Crippen LogP contribution in [0.25, 0.3) is 0 Å². The first-order valence-corrected chi connectivity index (χ1v) is 5.74. The van der Waals surface area contributed by atoms with Crippen molar-refractivity contribution in [3.63, 3.8) is 0 Å². The van der Waals surface area contributed by atoms with Crippen LogP contribution in [-0.4, -0.2) is 4.92 Å². The number of nitro groups is 1. The number of rotatable bonds is 5. The second-order valence-electron chi connectivity index (χ2n) is 4.19. The molecule has 0 saturated heterocycles. The van der Waals surface area contributed by atoms with E-state index < -0.39 is 10.7 Å². The average Bonchev–Trinajstić information content (AvgIpc) is 2.74. The van der Waals surface area contributed by atoms with E-state index in [-0.39, 0.29) is 5.69 Å². The molecule has 0 aliphatic heterocycles. The van der Waals surface area contributed by atoms with E-state index in [4.69, 9.17) is 4.42 Å². The third-order valence-electron chi connectivity index (χ3n) is 2.58. The molecule has 0 aliphatic carbocycles. The van der Waals surface area contributed by atoms with E-state index in [1.807, 2.05) is 19.1 Å². The molecule has 6 heteroatoms. The minimum absolute atomic E-state index is 0.245. The smallest absolute Gasteiger partial charge is 0.272 e. The van der Waals surface area contributed by atoms with Gasteiger partial charge in [-0.3, -0.25) is 10.1 Å². The van der Waals surface area contributed by atoms with Crippen LogP contribution in [0.2, 0.25) is 0 Å². The Kier molecular flexibility index (Phi) is 3.91. The van der Waals surface area contributed by atoms with Crippen molar-refractivity contribution < 1.29 is 13.7 Å². The molecule has 1 aromatic heterocycles. The van der Waals surface area contributed by atoms with Crippen molar-refractivity contribution >= 4 is 5.69 Å². The van der Waals surface area contributed by atoms with Gasteiger partial charge in [-0.1, -0.05) is 0 Å². The zero-order valence-corrected chi connectivity index (χ0v) is 10.4. The number of aryl methyl sites for hydroxylation is 1. The molecule has 0 saturated carbocycles. The first-order chi connectivity index (χ1) is 9.04. The second kappa shape index (κ2) is 5.62. The predicted octanol–water partition coefficient (Wildman–Crippen LogP) is 2.93. The summed E-state index contributed by atoms with van der Waals surface area (Å²) in [4.78, 5) is 10.00. The van der Waals surface area contributed by atoms with Crippen LogP contribution in [-0.2, 0) is 13.1 Å². The quantitative estimate of drug-likeness (QED) is 0.666.